The van der Waals surface area contributed by atoms with E-state index in [-0.39, 0.29) is 12.4 Å². The first kappa shape index (κ1) is 21.9. The topological polar surface area (TPSA) is 83.9 Å². The van der Waals surface area contributed by atoms with E-state index in [0.29, 0.717) is 36.4 Å². The highest BCUT2D eigenvalue weighted by Gasteiger charge is 2.16. The molecule has 1 N–H and O–H groups in total. The summed E-state index contributed by atoms with van der Waals surface area (Å²) in [6, 6.07) is 12.8. The molecule has 1 aromatic carbocycles. The molecule has 4 rings (SSSR count). The second-order valence-electron chi connectivity index (χ2n) is 7.15. The number of halogens is 2. The molecule has 7 nitrogen and oxygen atoms in total. The predicted octanol–water partition coefficient (Wildman–Crippen LogP) is 4.03. The van der Waals surface area contributed by atoms with Crippen molar-refractivity contribution in [3.8, 4) is 11.4 Å². The van der Waals surface area contributed by atoms with Crippen LogP contribution in [0, 0.1) is 11.6 Å². The molecule has 0 bridgehead atoms. The minimum absolute atomic E-state index is 0.199. The first-order valence-corrected chi connectivity index (χ1v) is 10.2. The first-order chi connectivity index (χ1) is 16.1. The molecular formula is C24H20F2N6O. The number of anilines is 2. The zero-order valence-corrected chi connectivity index (χ0v) is 17.5. The van der Waals surface area contributed by atoms with Crippen LogP contribution in [0.2, 0.25) is 0 Å². The van der Waals surface area contributed by atoms with Gasteiger partial charge in [-0.25, -0.2) is 18.7 Å². The molecule has 0 saturated carbocycles. The summed E-state index contributed by atoms with van der Waals surface area (Å²) in [7, 11) is 0. The van der Waals surface area contributed by atoms with E-state index in [1.807, 2.05) is 24.3 Å². The summed E-state index contributed by atoms with van der Waals surface area (Å²) in [5.41, 5.74) is 2.48. The Balaban J connectivity index is 1.64. The van der Waals surface area contributed by atoms with Crippen LogP contribution in [0.4, 0.5) is 20.3 Å². The summed E-state index contributed by atoms with van der Waals surface area (Å²) >= 11 is 0. The molecule has 3 aromatic heterocycles. The van der Waals surface area contributed by atoms with E-state index in [1.165, 1.54) is 17.2 Å². The standard InChI is InChI=1S/C24H20F2N6O/c25-20-7-6-18(12-21(20)26)23-30-14-22(32(16-33)15-17-4-3-9-27-13-17)24(31-23)29-11-8-19-5-1-2-10-28-19/h1-7,9-10,12-14,16H,8,11,15H2,(H,29,30,31). The molecule has 3 heterocycles. The number of aromatic nitrogens is 4. The lowest BCUT2D eigenvalue weighted by Crippen LogP contribution is -2.23. The predicted molar refractivity (Wildman–Crippen MR) is 120 cm³/mol. The molecule has 1 amide bonds. The van der Waals surface area contributed by atoms with Crippen LogP contribution < -0.4 is 10.2 Å². The Hall–Kier alpha value is -4.27. The summed E-state index contributed by atoms with van der Waals surface area (Å²) < 4.78 is 27.1. The maximum Gasteiger partial charge on any atom is 0.214 e. The summed E-state index contributed by atoms with van der Waals surface area (Å²) in [5.74, 6) is -1.36. The molecule has 166 valence electrons. The average molecular weight is 446 g/mol. The quantitative estimate of drug-likeness (QED) is 0.391. The minimum Gasteiger partial charge on any atom is -0.368 e. The fourth-order valence-electron chi connectivity index (χ4n) is 3.21. The van der Waals surface area contributed by atoms with E-state index in [1.54, 1.807) is 24.7 Å². The van der Waals surface area contributed by atoms with Gasteiger partial charge in [0.2, 0.25) is 6.41 Å². The molecular weight excluding hydrogens is 426 g/mol. The Morgan fingerprint density at radius 2 is 1.88 bits per heavy atom. The van der Waals surface area contributed by atoms with Crippen molar-refractivity contribution in [2.45, 2.75) is 13.0 Å². The van der Waals surface area contributed by atoms with Gasteiger partial charge >= 0.3 is 0 Å². The van der Waals surface area contributed by atoms with Crippen molar-refractivity contribution in [3.05, 3.63) is 96.2 Å². The largest absolute Gasteiger partial charge is 0.368 e. The maximum absolute atomic E-state index is 13.7. The van der Waals surface area contributed by atoms with Gasteiger partial charge in [-0.05, 0) is 42.0 Å². The monoisotopic (exact) mass is 446 g/mol. The summed E-state index contributed by atoms with van der Waals surface area (Å²) in [5, 5.41) is 3.22. The van der Waals surface area contributed by atoms with Crippen LogP contribution in [0.5, 0.6) is 0 Å². The third-order valence-electron chi connectivity index (χ3n) is 4.86. The molecule has 0 aliphatic rings. The number of carbonyl (C=O) groups is 1. The third-order valence-corrected chi connectivity index (χ3v) is 4.86. The Labute approximate surface area is 189 Å². The van der Waals surface area contributed by atoms with E-state index in [0.717, 1.165) is 23.4 Å². The highest BCUT2D eigenvalue weighted by atomic mass is 19.2. The number of rotatable bonds is 9. The van der Waals surface area contributed by atoms with Crippen LogP contribution in [0.3, 0.4) is 0 Å². The van der Waals surface area contributed by atoms with E-state index in [9.17, 15) is 13.6 Å². The molecule has 0 aliphatic carbocycles. The Morgan fingerprint density at radius 1 is 0.970 bits per heavy atom. The third kappa shape index (κ3) is 5.51. The lowest BCUT2D eigenvalue weighted by molar-refractivity contribution is -0.107. The SMILES string of the molecule is O=CN(Cc1cccnc1)c1cnc(-c2ccc(F)c(F)c2)nc1NCCc1ccccn1. The van der Waals surface area contributed by atoms with Crippen molar-refractivity contribution >= 4 is 17.9 Å². The van der Waals surface area contributed by atoms with Gasteiger partial charge in [0, 0.05) is 42.8 Å². The molecule has 0 unspecified atom stereocenters. The van der Waals surface area contributed by atoms with Crippen LogP contribution in [-0.4, -0.2) is 32.9 Å². The highest BCUT2D eigenvalue weighted by molar-refractivity contribution is 5.82. The van der Waals surface area contributed by atoms with Crippen LogP contribution in [0.25, 0.3) is 11.4 Å². The number of carbonyl (C=O) groups excluding carboxylic acids is 1. The van der Waals surface area contributed by atoms with Crippen LogP contribution >= 0.6 is 0 Å². The normalized spacial score (nSPS) is 10.6. The fraction of sp³-hybridized carbons (Fsp3) is 0.125. The maximum atomic E-state index is 13.7. The zero-order valence-electron chi connectivity index (χ0n) is 17.5. The summed E-state index contributed by atoms with van der Waals surface area (Å²) in [6.07, 6.45) is 7.83. The Morgan fingerprint density at radius 3 is 2.61 bits per heavy atom. The van der Waals surface area contributed by atoms with Gasteiger partial charge in [0.25, 0.3) is 0 Å². The molecule has 0 radical (unpaired) electrons. The number of nitrogens with zero attached hydrogens (tertiary/aromatic N) is 5. The number of benzene rings is 1. The second kappa shape index (κ2) is 10.4. The highest BCUT2D eigenvalue weighted by Crippen LogP contribution is 2.27. The molecule has 0 spiro atoms. The van der Waals surface area contributed by atoms with Gasteiger partial charge in [-0.1, -0.05) is 12.1 Å². The number of amides is 1. The van der Waals surface area contributed by atoms with Gasteiger partial charge in [-0.3, -0.25) is 14.8 Å². The van der Waals surface area contributed by atoms with Crippen molar-refractivity contribution in [2.75, 3.05) is 16.8 Å². The van der Waals surface area contributed by atoms with Gasteiger partial charge in [-0.15, -0.1) is 0 Å². The van der Waals surface area contributed by atoms with E-state index >= 15 is 0 Å². The van der Waals surface area contributed by atoms with E-state index < -0.39 is 11.6 Å². The summed E-state index contributed by atoms with van der Waals surface area (Å²) in [6.45, 7) is 0.748. The molecule has 0 fully saturated rings. The number of nitrogens with one attached hydrogen (secondary N) is 1. The minimum atomic E-state index is -0.990. The molecule has 4 aromatic rings. The fourth-order valence-corrected chi connectivity index (χ4v) is 3.21. The number of pyridine rings is 2. The van der Waals surface area contributed by atoms with Crippen LogP contribution in [-0.2, 0) is 17.8 Å². The number of hydrogen-bond donors (Lipinski definition) is 1. The number of hydrogen-bond acceptors (Lipinski definition) is 6. The molecule has 33 heavy (non-hydrogen) atoms. The van der Waals surface area contributed by atoms with Gasteiger partial charge in [0.05, 0.1) is 12.7 Å². The van der Waals surface area contributed by atoms with Crippen molar-refractivity contribution < 1.29 is 13.6 Å². The Kier molecular flexibility index (Phi) is 6.89. The van der Waals surface area contributed by atoms with Crippen molar-refractivity contribution in [3.63, 3.8) is 0 Å². The smallest absolute Gasteiger partial charge is 0.214 e. The summed E-state index contributed by atoms with van der Waals surface area (Å²) in [4.78, 5) is 30.5. The van der Waals surface area contributed by atoms with Gasteiger partial charge < -0.3 is 10.2 Å². The lowest BCUT2D eigenvalue weighted by atomic mass is 10.2. The van der Waals surface area contributed by atoms with Gasteiger partial charge in [0.15, 0.2) is 23.3 Å². The van der Waals surface area contributed by atoms with Crippen LogP contribution in [0.1, 0.15) is 11.3 Å². The Bertz CT molecular complexity index is 1220. The van der Waals surface area contributed by atoms with Crippen molar-refractivity contribution in [2.24, 2.45) is 0 Å². The van der Waals surface area contributed by atoms with Crippen molar-refractivity contribution in [1.82, 2.24) is 19.9 Å². The lowest BCUT2D eigenvalue weighted by Gasteiger charge is -2.21. The van der Waals surface area contributed by atoms with E-state index in [2.05, 4.69) is 25.3 Å². The molecule has 9 heteroatoms. The van der Waals surface area contributed by atoms with Crippen molar-refractivity contribution in [1.29, 1.82) is 0 Å². The molecule has 0 atom stereocenters. The zero-order chi connectivity index (χ0) is 23.0. The van der Waals surface area contributed by atoms with Crippen LogP contribution in [0.15, 0.2) is 73.3 Å². The molecule has 0 saturated heterocycles. The van der Waals surface area contributed by atoms with Gasteiger partial charge in [-0.2, -0.15) is 0 Å². The molecule has 0 aliphatic heterocycles. The van der Waals surface area contributed by atoms with Gasteiger partial charge in [0.1, 0.15) is 5.69 Å². The van der Waals surface area contributed by atoms with E-state index in [4.69, 9.17) is 0 Å². The average Bonchev–Trinajstić information content (AvgIpc) is 2.86. The first-order valence-electron chi connectivity index (χ1n) is 10.2. The second-order valence-corrected chi connectivity index (χ2v) is 7.15.